The van der Waals surface area contributed by atoms with Crippen LogP contribution >= 0.6 is 0 Å². The molecule has 0 saturated carbocycles. The van der Waals surface area contributed by atoms with E-state index < -0.39 is 20.7 Å². The molecular formula is C14H17NO5S. The summed E-state index contributed by atoms with van der Waals surface area (Å²) in [4.78, 5) is 23.4. The Morgan fingerprint density at radius 2 is 1.95 bits per heavy atom. The fraction of sp³-hybridized carbons (Fsp3) is 0.429. The maximum Gasteiger partial charge on any atom is 0.259 e. The SMILES string of the molecule is COc1ccc(C(C)=O)cc1CN1C(=O)C(C)(C)S1(=O)=O. The number of rotatable bonds is 4. The molecule has 0 bridgehead atoms. The molecule has 0 aromatic heterocycles. The molecule has 0 unspecified atom stereocenters. The zero-order valence-corrected chi connectivity index (χ0v) is 13.2. The monoisotopic (exact) mass is 311 g/mol. The van der Waals surface area contributed by atoms with Crippen molar-refractivity contribution in [1.82, 2.24) is 4.31 Å². The summed E-state index contributed by atoms with van der Waals surface area (Å²) >= 11 is 0. The van der Waals surface area contributed by atoms with Crippen molar-refractivity contribution in [2.24, 2.45) is 0 Å². The Morgan fingerprint density at radius 1 is 1.33 bits per heavy atom. The second-order valence-electron chi connectivity index (χ2n) is 5.41. The number of benzene rings is 1. The van der Waals surface area contributed by atoms with E-state index in [4.69, 9.17) is 4.74 Å². The van der Waals surface area contributed by atoms with E-state index in [0.29, 0.717) is 16.9 Å². The largest absolute Gasteiger partial charge is 0.496 e. The highest BCUT2D eigenvalue weighted by atomic mass is 32.2. The molecule has 1 aliphatic heterocycles. The van der Waals surface area contributed by atoms with Gasteiger partial charge in [0.2, 0.25) is 0 Å². The van der Waals surface area contributed by atoms with Gasteiger partial charge in [-0.25, -0.2) is 12.7 Å². The summed E-state index contributed by atoms with van der Waals surface area (Å²) < 4.78 is 28.8. The topological polar surface area (TPSA) is 80.8 Å². The minimum atomic E-state index is -3.66. The van der Waals surface area contributed by atoms with Crippen molar-refractivity contribution in [2.45, 2.75) is 32.1 Å². The van der Waals surface area contributed by atoms with E-state index in [2.05, 4.69) is 0 Å². The molecule has 7 heteroatoms. The van der Waals surface area contributed by atoms with E-state index in [1.165, 1.54) is 27.9 Å². The Balaban J connectivity index is 2.39. The number of amides is 1. The lowest BCUT2D eigenvalue weighted by atomic mass is 10.1. The Hall–Kier alpha value is -1.89. The number of ether oxygens (including phenoxy) is 1. The summed E-state index contributed by atoms with van der Waals surface area (Å²) in [6.07, 6.45) is 0. The number of ketones is 1. The molecule has 1 aliphatic rings. The second-order valence-corrected chi connectivity index (χ2v) is 7.82. The van der Waals surface area contributed by atoms with Crippen LogP contribution in [-0.2, 0) is 21.4 Å². The van der Waals surface area contributed by atoms with Crippen LogP contribution in [0.25, 0.3) is 0 Å². The number of sulfonamides is 1. The molecular weight excluding hydrogens is 294 g/mol. The van der Waals surface area contributed by atoms with Crippen molar-refractivity contribution < 1.29 is 22.7 Å². The Kier molecular flexibility index (Phi) is 3.57. The molecule has 6 nitrogen and oxygen atoms in total. The first-order valence-corrected chi connectivity index (χ1v) is 7.81. The standard InChI is InChI=1S/C14H17NO5S/c1-9(16)10-5-6-12(20-4)11(7-10)8-15-13(17)14(2,3)21(15,18)19/h5-7H,8H2,1-4H3. The van der Waals surface area contributed by atoms with E-state index in [9.17, 15) is 18.0 Å². The van der Waals surface area contributed by atoms with Gasteiger partial charge in [0.25, 0.3) is 15.9 Å². The van der Waals surface area contributed by atoms with Gasteiger partial charge in [-0.1, -0.05) is 0 Å². The van der Waals surface area contributed by atoms with Crippen molar-refractivity contribution in [3.05, 3.63) is 29.3 Å². The third-order valence-electron chi connectivity index (χ3n) is 3.68. The van der Waals surface area contributed by atoms with Crippen molar-refractivity contribution >= 4 is 21.7 Å². The summed E-state index contributed by atoms with van der Waals surface area (Å²) in [6.45, 7) is 4.05. The number of carbonyl (C=O) groups excluding carboxylic acids is 2. The highest BCUT2D eigenvalue weighted by Gasteiger charge is 2.60. The zero-order valence-electron chi connectivity index (χ0n) is 12.3. The molecule has 1 aromatic carbocycles. The molecule has 0 spiro atoms. The number of methoxy groups -OCH3 is 1. The van der Waals surface area contributed by atoms with Gasteiger partial charge in [0.05, 0.1) is 13.7 Å². The van der Waals surface area contributed by atoms with Crippen LogP contribution < -0.4 is 4.74 Å². The Bertz CT molecular complexity index is 721. The van der Waals surface area contributed by atoms with Crippen LogP contribution in [0.4, 0.5) is 0 Å². The van der Waals surface area contributed by atoms with E-state index in [-0.39, 0.29) is 12.3 Å². The smallest absolute Gasteiger partial charge is 0.259 e. The maximum absolute atomic E-state index is 12.1. The molecule has 0 atom stereocenters. The molecule has 114 valence electrons. The highest BCUT2D eigenvalue weighted by Crippen LogP contribution is 2.37. The second kappa shape index (κ2) is 4.84. The van der Waals surface area contributed by atoms with E-state index >= 15 is 0 Å². The molecule has 0 radical (unpaired) electrons. The lowest BCUT2D eigenvalue weighted by molar-refractivity contribution is -0.132. The number of hydrogen-bond donors (Lipinski definition) is 0. The summed E-state index contributed by atoms with van der Waals surface area (Å²) in [6, 6.07) is 4.74. The van der Waals surface area contributed by atoms with Crippen LogP contribution in [0.1, 0.15) is 36.7 Å². The Morgan fingerprint density at radius 3 is 2.43 bits per heavy atom. The van der Waals surface area contributed by atoms with Crippen LogP contribution in [0.15, 0.2) is 18.2 Å². The van der Waals surface area contributed by atoms with Gasteiger partial charge in [-0.05, 0) is 39.0 Å². The lowest BCUT2D eigenvalue weighted by Crippen LogP contribution is -2.66. The number of hydrogen-bond acceptors (Lipinski definition) is 5. The normalized spacial score (nSPS) is 19.0. The summed E-state index contributed by atoms with van der Waals surface area (Å²) in [5.41, 5.74) is 0.924. The Labute approximate surface area is 123 Å². The fourth-order valence-corrected chi connectivity index (χ4v) is 3.69. The average Bonchev–Trinajstić information content (AvgIpc) is 2.43. The van der Waals surface area contributed by atoms with Gasteiger partial charge in [0, 0.05) is 11.1 Å². The predicted octanol–water partition coefficient (Wildman–Crippen LogP) is 1.35. The van der Waals surface area contributed by atoms with Crippen LogP contribution in [-0.4, -0.2) is 36.3 Å². The van der Waals surface area contributed by atoms with Crippen molar-refractivity contribution in [3.63, 3.8) is 0 Å². The molecule has 1 fully saturated rings. The van der Waals surface area contributed by atoms with Crippen LogP contribution in [0, 0.1) is 0 Å². The van der Waals surface area contributed by atoms with Crippen LogP contribution in [0.2, 0.25) is 0 Å². The van der Waals surface area contributed by atoms with Gasteiger partial charge < -0.3 is 4.74 Å². The molecule has 2 rings (SSSR count). The van der Waals surface area contributed by atoms with Crippen molar-refractivity contribution in [2.75, 3.05) is 7.11 Å². The molecule has 1 heterocycles. The number of Topliss-reactive ketones (excluding diaryl/α,β-unsaturated/α-hetero) is 1. The molecule has 0 N–H and O–H groups in total. The maximum atomic E-state index is 12.1. The summed E-state index contributed by atoms with van der Waals surface area (Å²) in [5.74, 6) is -0.164. The van der Waals surface area contributed by atoms with E-state index in [0.717, 1.165) is 4.31 Å². The first-order chi connectivity index (χ1) is 9.62. The van der Waals surface area contributed by atoms with Gasteiger partial charge in [-0.3, -0.25) is 9.59 Å². The third kappa shape index (κ3) is 2.21. The van der Waals surface area contributed by atoms with Crippen molar-refractivity contribution in [1.29, 1.82) is 0 Å². The molecule has 1 saturated heterocycles. The summed E-state index contributed by atoms with van der Waals surface area (Å²) in [5, 5.41) is 0. The van der Waals surface area contributed by atoms with Crippen LogP contribution in [0.3, 0.4) is 0 Å². The van der Waals surface area contributed by atoms with E-state index in [1.807, 2.05) is 0 Å². The third-order valence-corrected chi connectivity index (χ3v) is 6.02. The van der Waals surface area contributed by atoms with Gasteiger partial charge in [0.1, 0.15) is 5.75 Å². The average molecular weight is 311 g/mol. The number of carbonyl (C=O) groups is 2. The minimum Gasteiger partial charge on any atom is -0.496 e. The first kappa shape index (κ1) is 15.5. The molecule has 1 aromatic rings. The molecule has 0 aliphatic carbocycles. The molecule has 1 amide bonds. The minimum absolute atomic E-state index is 0.130. The molecule has 21 heavy (non-hydrogen) atoms. The first-order valence-electron chi connectivity index (χ1n) is 6.37. The van der Waals surface area contributed by atoms with Crippen LogP contribution in [0.5, 0.6) is 5.75 Å². The van der Waals surface area contributed by atoms with Gasteiger partial charge in [0.15, 0.2) is 10.5 Å². The van der Waals surface area contributed by atoms with Gasteiger partial charge in [-0.2, -0.15) is 0 Å². The fourth-order valence-electron chi connectivity index (χ4n) is 2.19. The predicted molar refractivity (Wildman–Crippen MR) is 76.5 cm³/mol. The lowest BCUT2D eigenvalue weighted by Gasteiger charge is -2.43. The number of nitrogens with zero attached hydrogens (tertiary/aromatic N) is 1. The van der Waals surface area contributed by atoms with Gasteiger partial charge >= 0.3 is 0 Å². The quantitative estimate of drug-likeness (QED) is 0.784. The highest BCUT2D eigenvalue weighted by molar-refractivity contribution is 7.94. The summed E-state index contributed by atoms with van der Waals surface area (Å²) in [7, 11) is -2.22. The van der Waals surface area contributed by atoms with Gasteiger partial charge in [-0.15, -0.1) is 0 Å². The van der Waals surface area contributed by atoms with E-state index in [1.54, 1.807) is 18.2 Å². The zero-order chi connectivity index (χ0) is 16.0. The van der Waals surface area contributed by atoms with Crippen molar-refractivity contribution in [3.8, 4) is 5.75 Å².